The Morgan fingerprint density at radius 2 is 1.82 bits per heavy atom. The molecule has 2 aromatic rings. The maximum atomic E-state index is 13.4. The summed E-state index contributed by atoms with van der Waals surface area (Å²) in [5.41, 5.74) is 7.13. The number of amides is 3. The summed E-state index contributed by atoms with van der Waals surface area (Å²) in [5, 5.41) is 5.81. The van der Waals surface area contributed by atoms with Crippen molar-refractivity contribution in [3.05, 3.63) is 57.8 Å². The van der Waals surface area contributed by atoms with Gasteiger partial charge in [0.15, 0.2) is 0 Å². The molecule has 0 spiro atoms. The minimum atomic E-state index is -1.79. The number of thiophene rings is 1. The van der Waals surface area contributed by atoms with Gasteiger partial charge in [0.05, 0.1) is 0 Å². The van der Waals surface area contributed by atoms with Gasteiger partial charge in [0, 0.05) is 0 Å². The molecule has 0 aliphatic carbocycles. The molecule has 39 heavy (non-hydrogen) atoms. The number of nitrogens with one attached hydrogen (secondary N) is 2. The van der Waals surface area contributed by atoms with Crippen LogP contribution in [0.4, 0.5) is 0 Å². The van der Waals surface area contributed by atoms with E-state index < -0.39 is 36.5 Å². The third-order valence-electron chi connectivity index (χ3n) is 5.59. The maximum absolute atomic E-state index is 13.4. The molecule has 10 nitrogen and oxygen atoms in total. The Morgan fingerprint density at radius 1 is 1.10 bits per heavy atom. The van der Waals surface area contributed by atoms with E-state index in [1.165, 1.54) is 18.4 Å². The second kappa shape index (κ2) is 17.1. The van der Waals surface area contributed by atoms with Crippen LogP contribution >= 0.6 is 11.3 Å². The summed E-state index contributed by atoms with van der Waals surface area (Å²) in [6, 6.07) is 12.9. The molecule has 0 fully saturated rings. The Bertz CT molecular complexity index is 1140. The molecule has 0 saturated heterocycles. The number of nitrogens with two attached hydrogens (primary N) is 1. The monoisotopic (exact) mass is 751 g/mol. The molecule has 1 heterocycles. The molecule has 0 saturated carbocycles. The fourth-order valence-electron chi connectivity index (χ4n) is 3.43. The average molecular weight is 751 g/mol. The number of methoxy groups -OCH3 is 1. The zero-order chi connectivity index (χ0) is 28.8. The van der Waals surface area contributed by atoms with Crippen LogP contribution in [-0.4, -0.2) is 83.0 Å². The fraction of sp³-hybridized carbons (Fsp3) is 0.444. The standard InChI is InChI=1S/C20H31N5O5S.C7H7.Pb/c1-5-6-14(24-16(26)10-22-11-17(27)30-4)20(29)23-9-13-7-8-15(31-13)18(21)25-19(28)12(2)3;1-7-5-3-2-4-6-7;/h7-8,12,14,22H,5-6,9-11H2,1-4H3,(H4,21,23,24,25,26,28,29);2-6H,1H2;/q;;+1/p-1. The molecule has 12 heteroatoms. The van der Waals surface area contributed by atoms with Gasteiger partial charge < -0.3 is 0 Å². The molecular weight excluding hydrogens is 714 g/mol. The van der Waals surface area contributed by atoms with E-state index in [0.29, 0.717) is 11.3 Å². The van der Waals surface area contributed by atoms with E-state index in [4.69, 9.17) is 5.73 Å². The van der Waals surface area contributed by atoms with Gasteiger partial charge in [-0.15, -0.1) is 0 Å². The normalized spacial score (nSPS) is 12.2. The van der Waals surface area contributed by atoms with E-state index in [1.807, 2.05) is 43.3 Å². The Hall–Kier alpha value is -2.65. The Kier molecular flexibility index (Phi) is 14.3. The fourth-order valence-corrected chi connectivity index (χ4v) is 9.37. The number of aliphatic imine (C=N–C) groups is 1. The van der Waals surface area contributed by atoms with Gasteiger partial charge in [-0.25, -0.2) is 0 Å². The van der Waals surface area contributed by atoms with Crippen molar-refractivity contribution in [3.8, 4) is 0 Å². The number of hydrogen-bond acceptors (Lipinski definition) is 7. The van der Waals surface area contributed by atoms with Crippen LogP contribution in [0.2, 0.25) is 0 Å². The van der Waals surface area contributed by atoms with Crippen LogP contribution in [0.5, 0.6) is 0 Å². The molecule has 1 aromatic carbocycles. The first-order valence-electron chi connectivity index (χ1n) is 12.8. The molecule has 4 N–H and O–H groups in total. The molecular formula is C27H37N5O5PbS. The van der Waals surface area contributed by atoms with Crippen molar-refractivity contribution in [2.45, 2.75) is 50.2 Å². The van der Waals surface area contributed by atoms with Crippen LogP contribution in [0.3, 0.4) is 0 Å². The predicted molar refractivity (Wildman–Crippen MR) is 153 cm³/mol. The van der Waals surface area contributed by atoms with Crippen LogP contribution in [0.15, 0.2) is 47.5 Å². The third kappa shape index (κ3) is 11.2. The zero-order valence-corrected chi connectivity index (χ0v) is 27.6. The van der Waals surface area contributed by atoms with Gasteiger partial charge in [-0.2, -0.15) is 0 Å². The van der Waals surface area contributed by atoms with Crippen molar-refractivity contribution < 1.29 is 23.9 Å². The van der Waals surface area contributed by atoms with Crippen molar-refractivity contribution in [3.63, 3.8) is 0 Å². The number of amidine groups is 1. The number of carbonyl (C=O) groups excluding carboxylic acids is 4. The molecule has 2 radical (unpaired) electrons. The van der Waals surface area contributed by atoms with Crippen molar-refractivity contribution in [1.82, 2.24) is 13.3 Å². The zero-order valence-electron chi connectivity index (χ0n) is 22.9. The number of rotatable bonds is 15. The summed E-state index contributed by atoms with van der Waals surface area (Å²) in [7, 11) is 1.29. The Balaban J connectivity index is 2.12. The number of benzene rings is 1. The van der Waals surface area contributed by atoms with Crippen molar-refractivity contribution in [2.24, 2.45) is 16.6 Å². The van der Waals surface area contributed by atoms with Crippen LogP contribution in [-0.2, 0) is 34.4 Å². The molecule has 0 bridgehead atoms. The molecule has 1 unspecified atom stereocenters. The SMILES string of the molecule is CCCC(C(=O)NCc1ccc(C(N)=NC(=O)C(C)C)s1)[N]([Pb][CH2]c1ccccc1)C(=O)CNCC(=O)OC. The first-order chi connectivity index (χ1) is 18.7. The van der Waals surface area contributed by atoms with Crippen LogP contribution < -0.4 is 16.4 Å². The summed E-state index contributed by atoms with van der Waals surface area (Å²) in [6.07, 6.45) is 1.26. The van der Waals surface area contributed by atoms with Crippen LogP contribution in [0, 0.1) is 5.92 Å². The first-order valence-corrected chi connectivity index (χ1v) is 18.1. The van der Waals surface area contributed by atoms with E-state index in [2.05, 4.69) is 20.4 Å². The third-order valence-corrected chi connectivity index (χ3v) is 12.4. The second-order valence-electron chi connectivity index (χ2n) is 9.04. The molecule has 1 aromatic heterocycles. The van der Waals surface area contributed by atoms with Crippen LogP contribution in [0.1, 0.15) is 48.9 Å². The van der Waals surface area contributed by atoms with Gasteiger partial charge in [-0.05, 0) is 0 Å². The van der Waals surface area contributed by atoms with Gasteiger partial charge in [0.2, 0.25) is 0 Å². The first kappa shape index (κ1) is 32.6. The molecule has 210 valence electrons. The van der Waals surface area contributed by atoms with E-state index in [0.717, 1.165) is 20.8 Å². The van der Waals surface area contributed by atoms with Gasteiger partial charge in [-0.3, -0.25) is 0 Å². The van der Waals surface area contributed by atoms with Crippen molar-refractivity contribution in [1.29, 1.82) is 0 Å². The van der Waals surface area contributed by atoms with E-state index >= 15 is 0 Å². The number of ether oxygens (including phenoxy) is 1. The Morgan fingerprint density at radius 3 is 2.46 bits per heavy atom. The molecule has 0 aliphatic rings. The second-order valence-corrected chi connectivity index (χ2v) is 14.7. The van der Waals surface area contributed by atoms with Gasteiger partial charge in [0.1, 0.15) is 0 Å². The number of esters is 1. The Labute approximate surface area is 246 Å². The molecule has 0 aliphatic heterocycles. The molecule has 1 atom stereocenters. The van der Waals surface area contributed by atoms with Crippen molar-refractivity contribution >= 4 is 65.4 Å². The average Bonchev–Trinajstić information content (AvgIpc) is 3.41. The summed E-state index contributed by atoms with van der Waals surface area (Å²) >= 11 is -0.440. The van der Waals surface area contributed by atoms with Crippen LogP contribution in [0.25, 0.3) is 0 Å². The summed E-state index contributed by atoms with van der Waals surface area (Å²) in [5.74, 6) is -1.24. The van der Waals surface area contributed by atoms with Gasteiger partial charge in [-0.1, -0.05) is 13.8 Å². The molecule has 2 rings (SSSR count). The summed E-state index contributed by atoms with van der Waals surface area (Å²) in [4.78, 5) is 55.5. The number of hydrogen-bond donors (Lipinski definition) is 3. The quantitative estimate of drug-likeness (QED) is 0.109. The number of carbonyl (C=O) groups is 4. The predicted octanol–water partition coefficient (Wildman–Crippen LogP) is 1.83. The van der Waals surface area contributed by atoms with E-state index in [-0.39, 0.29) is 49.1 Å². The number of nitrogens with zero attached hydrogens (tertiary/aromatic N) is 2. The molecule has 3 amide bonds. The van der Waals surface area contributed by atoms with Gasteiger partial charge >= 0.3 is 234 Å². The minimum absolute atomic E-state index is 0.0492. The summed E-state index contributed by atoms with van der Waals surface area (Å²) in [6.45, 7) is 5.64. The van der Waals surface area contributed by atoms with E-state index in [9.17, 15) is 19.2 Å². The summed E-state index contributed by atoms with van der Waals surface area (Å²) < 4.78 is 7.19. The topological polar surface area (TPSA) is 143 Å². The van der Waals surface area contributed by atoms with Crippen molar-refractivity contribution in [2.75, 3.05) is 20.2 Å². The van der Waals surface area contributed by atoms with E-state index in [1.54, 1.807) is 22.6 Å². The van der Waals surface area contributed by atoms with Gasteiger partial charge in [0.25, 0.3) is 0 Å².